The summed E-state index contributed by atoms with van der Waals surface area (Å²) in [5.41, 5.74) is 0.581. The molecule has 1 saturated heterocycles. The minimum atomic E-state index is 0.0214. The molecule has 0 bridgehead atoms. The van der Waals surface area contributed by atoms with Gasteiger partial charge in [0.1, 0.15) is 0 Å². The van der Waals surface area contributed by atoms with Gasteiger partial charge in [0.2, 0.25) is 0 Å². The summed E-state index contributed by atoms with van der Waals surface area (Å²) in [4.78, 5) is 14.7. The molecule has 0 spiro atoms. The van der Waals surface area contributed by atoms with Crippen molar-refractivity contribution in [3.63, 3.8) is 0 Å². The van der Waals surface area contributed by atoms with E-state index in [1.54, 1.807) is 12.1 Å². The molecule has 116 valence electrons. The van der Waals surface area contributed by atoms with Gasteiger partial charge in [-0.1, -0.05) is 27.5 Å². The van der Waals surface area contributed by atoms with E-state index in [0.29, 0.717) is 16.5 Å². The van der Waals surface area contributed by atoms with Crippen molar-refractivity contribution in [3.05, 3.63) is 33.3 Å². The predicted octanol–water partition coefficient (Wildman–Crippen LogP) is 3.95. The van der Waals surface area contributed by atoms with E-state index in [-0.39, 0.29) is 11.9 Å². The van der Waals surface area contributed by atoms with Crippen molar-refractivity contribution in [3.8, 4) is 0 Å². The first-order chi connectivity index (χ1) is 9.99. The molecular weight excluding hydrogens is 352 g/mol. The van der Waals surface area contributed by atoms with Gasteiger partial charge in [-0.25, -0.2) is 0 Å². The lowest BCUT2D eigenvalue weighted by Gasteiger charge is -2.33. The van der Waals surface area contributed by atoms with Gasteiger partial charge in [-0.05, 0) is 63.9 Å². The molecule has 1 unspecified atom stereocenters. The standard InChI is InChI=1S/C16H22BrClN2O/c1-11(2)20(10-12-4-3-7-19-9-12)16(21)14-6-5-13(17)8-15(14)18/h5-6,8,11-12,19H,3-4,7,9-10H2,1-2H3. The van der Waals surface area contributed by atoms with E-state index in [0.717, 1.165) is 24.1 Å². The predicted molar refractivity (Wildman–Crippen MR) is 90.9 cm³/mol. The average molecular weight is 374 g/mol. The number of halogens is 2. The van der Waals surface area contributed by atoms with Gasteiger partial charge in [0.15, 0.2) is 0 Å². The summed E-state index contributed by atoms with van der Waals surface area (Å²) < 4.78 is 0.886. The van der Waals surface area contributed by atoms with Crippen LogP contribution in [-0.4, -0.2) is 36.5 Å². The van der Waals surface area contributed by atoms with E-state index in [9.17, 15) is 4.79 Å². The Kier molecular flexibility index (Phi) is 6.08. The fraction of sp³-hybridized carbons (Fsp3) is 0.562. The van der Waals surface area contributed by atoms with Crippen molar-refractivity contribution >= 4 is 33.4 Å². The van der Waals surface area contributed by atoms with Gasteiger partial charge in [0.25, 0.3) is 5.91 Å². The van der Waals surface area contributed by atoms with Crippen molar-refractivity contribution < 1.29 is 4.79 Å². The molecular formula is C16H22BrClN2O. The topological polar surface area (TPSA) is 32.3 Å². The van der Waals surface area contributed by atoms with Crippen molar-refractivity contribution in [2.24, 2.45) is 5.92 Å². The Balaban J connectivity index is 2.14. The number of hydrogen-bond donors (Lipinski definition) is 1. The second-order valence-corrected chi connectivity index (χ2v) is 7.21. The number of nitrogens with one attached hydrogen (secondary N) is 1. The van der Waals surface area contributed by atoms with Crippen LogP contribution in [0.4, 0.5) is 0 Å². The molecule has 5 heteroatoms. The van der Waals surface area contributed by atoms with E-state index in [1.807, 2.05) is 11.0 Å². The van der Waals surface area contributed by atoms with E-state index in [4.69, 9.17) is 11.6 Å². The molecule has 0 radical (unpaired) electrons. The van der Waals surface area contributed by atoms with Crippen LogP contribution in [0, 0.1) is 5.92 Å². The van der Waals surface area contributed by atoms with E-state index < -0.39 is 0 Å². The lowest BCUT2D eigenvalue weighted by atomic mass is 9.98. The maximum Gasteiger partial charge on any atom is 0.255 e. The zero-order chi connectivity index (χ0) is 15.4. The molecule has 0 saturated carbocycles. The van der Waals surface area contributed by atoms with Crippen LogP contribution in [-0.2, 0) is 0 Å². The molecule has 0 aromatic heterocycles. The van der Waals surface area contributed by atoms with Crippen LogP contribution in [0.1, 0.15) is 37.0 Å². The molecule has 1 aromatic carbocycles. The van der Waals surface area contributed by atoms with Crippen molar-refractivity contribution in [2.45, 2.75) is 32.7 Å². The first-order valence-electron chi connectivity index (χ1n) is 7.45. The maximum atomic E-state index is 12.8. The number of piperidine rings is 1. The molecule has 1 aliphatic rings. The zero-order valence-corrected chi connectivity index (χ0v) is 14.9. The van der Waals surface area contributed by atoms with E-state index in [1.165, 1.54) is 12.8 Å². The lowest BCUT2D eigenvalue weighted by molar-refractivity contribution is 0.0661. The molecule has 1 atom stereocenters. The molecule has 2 rings (SSSR count). The number of amides is 1. The molecule has 1 aliphatic heterocycles. The lowest BCUT2D eigenvalue weighted by Crippen LogP contribution is -2.44. The summed E-state index contributed by atoms with van der Waals surface area (Å²) in [6, 6.07) is 5.59. The fourth-order valence-electron chi connectivity index (χ4n) is 2.70. The first-order valence-corrected chi connectivity index (χ1v) is 8.63. The van der Waals surface area contributed by atoms with Gasteiger partial charge in [-0.3, -0.25) is 4.79 Å². The normalized spacial score (nSPS) is 18.8. The Morgan fingerprint density at radius 1 is 1.52 bits per heavy atom. The molecule has 1 heterocycles. The summed E-state index contributed by atoms with van der Waals surface area (Å²) in [6.45, 7) is 6.98. The van der Waals surface area contributed by atoms with Crippen LogP contribution in [0.25, 0.3) is 0 Å². The Labute approximate surface area is 140 Å². The highest BCUT2D eigenvalue weighted by molar-refractivity contribution is 9.10. The molecule has 1 fully saturated rings. The van der Waals surface area contributed by atoms with E-state index in [2.05, 4.69) is 35.1 Å². The number of nitrogens with zero attached hydrogens (tertiary/aromatic N) is 1. The Bertz CT molecular complexity index is 501. The first kappa shape index (κ1) is 16.8. The van der Waals surface area contributed by atoms with Crippen LogP contribution < -0.4 is 5.32 Å². The summed E-state index contributed by atoms with van der Waals surface area (Å²) in [7, 11) is 0. The third-order valence-corrected chi connectivity index (χ3v) is 4.71. The largest absolute Gasteiger partial charge is 0.336 e. The molecule has 0 aliphatic carbocycles. The van der Waals surface area contributed by atoms with Crippen molar-refractivity contribution in [1.82, 2.24) is 10.2 Å². The fourth-order valence-corrected chi connectivity index (χ4v) is 3.46. The highest BCUT2D eigenvalue weighted by atomic mass is 79.9. The van der Waals surface area contributed by atoms with E-state index >= 15 is 0 Å². The summed E-state index contributed by atoms with van der Waals surface area (Å²) >= 11 is 9.60. The third-order valence-electron chi connectivity index (χ3n) is 3.90. The van der Waals surface area contributed by atoms with Crippen LogP contribution in [0.5, 0.6) is 0 Å². The minimum absolute atomic E-state index is 0.0214. The van der Waals surface area contributed by atoms with Gasteiger partial charge in [0.05, 0.1) is 10.6 Å². The molecule has 1 aromatic rings. The second kappa shape index (κ2) is 7.61. The van der Waals surface area contributed by atoms with Crippen LogP contribution in [0.15, 0.2) is 22.7 Å². The van der Waals surface area contributed by atoms with Crippen LogP contribution >= 0.6 is 27.5 Å². The SMILES string of the molecule is CC(C)N(CC1CCCNC1)C(=O)c1ccc(Br)cc1Cl. The Morgan fingerprint density at radius 2 is 2.29 bits per heavy atom. The van der Waals surface area contributed by atoms with Gasteiger partial charge >= 0.3 is 0 Å². The van der Waals surface area contributed by atoms with Gasteiger partial charge in [-0.15, -0.1) is 0 Å². The molecule has 21 heavy (non-hydrogen) atoms. The monoisotopic (exact) mass is 372 g/mol. The number of rotatable bonds is 4. The van der Waals surface area contributed by atoms with Gasteiger partial charge in [-0.2, -0.15) is 0 Å². The third kappa shape index (κ3) is 4.44. The summed E-state index contributed by atoms with van der Waals surface area (Å²) in [6.07, 6.45) is 2.36. The van der Waals surface area contributed by atoms with Gasteiger partial charge < -0.3 is 10.2 Å². The quantitative estimate of drug-likeness (QED) is 0.866. The van der Waals surface area contributed by atoms with Crippen molar-refractivity contribution in [1.29, 1.82) is 0 Å². The molecule has 1 N–H and O–H groups in total. The minimum Gasteiger partial charge on any atom is -0.336 e. The maximum absolute atomic E-state index is 12.8. The van der Waals surface area contributed by atoms with Crippen LogP contribution in [0.2, 0.25) is 5.02 Å². The smallest absolute Gasteiger partial charge is 0.255 e. The number of carbonyl (C=O) groups excluding carboxylic acids is 1. The Hall–Kier alpha value is -0.580. The number of carbonyl (C=O) groups is 1. The molecule has 3 nitrogen and oxygen atoms in total. The highest BCUT2D eigenvalue weighted by Crippen LogP contribution is 2.24. The highest BCUT2D eigenvalue weighted by Gasteiger charge is 2.25. The number of hydrogen-bond acceptors (Lipinski definition) is 2. The summed E-state index contributed by atoms with van der Waals surface area (Å²) in [5.74, 6) is 0.549. The molecule has 1 amide bonds. The average Bonchev–Trinajstić information content (AvgIpc) is 2.45. The van der Waals surface area contributed by atoms with Crippen LogP contribution in [0.3, 0.4) is 0 Å². The van der Waals surface area contributed by atoms with Gasteiger partial charge in [0, 0.05) is 17.1 Å². The second-order valence-electron chi connectivity index (χ2n) is 5.89. The summed E-state index contributed by atoms with van der Waals surface area (Å²) in [5, 5.41) is 3.91. The number of benzene rings is 1. The van der Waals surface area contributed by atoms with Crippen molar-refractivity contribution in [2.75, 3.05) is 19.6 Å². The zero-order valence-electron chi connectivity index (χ0n) is 12.5. The Morgan fingerprint density at radius 3 is 2.86 bits per heavy atom.